The van der Waals surface area contributed by atoms with Crippen LogP contribution in [0.1, 0.15) is 97.4 Å². The molecular formula is C47H58LiN9O15S3. The van der Waals surface area contributed by atoms with E-state index >= 15 is 0 Å². The van der Waals surface area contributed by atoms with Crippen LogP contribution in [0.15, 0.2) is 92.1 Å². The summed E-state index contributed by atoms with van der Waals surface area (Å²) in [5.41, 5.74) is -0.201. The van der Waals surface area contributed by atoms with Gasteiger partial charge in [0.25, 0.3) is 0 Å². The molecule has 24 nitrogen and oxygen atoms in total. The molecule has 3 amide bonds. The van der Waals surface area contributed by atoms with Gasteiger partial charge in [-0.25, -0.2) is 43.7 Å². The minimum atomic E-state index is -1.29. The van der Waals surface area contributed by atoms with Gasteiger partial charge in [0.15, 0.2) is 21.1 Å². The van der Waals surface area contributed by atoms with Gasteiger partial charge in [0.1, 0.15) is 47.1 Å². The summed E-state index contributed by atoms with van der Waals surface area (Å²) in [4.78, 5) is 95.8. The van der Waals surface area contributed by atoms with Crippen LogP contribution in [0, 0.1) is 0 Å². The molecule has 0 bridgehead atoms. The van der Waals surface area contributed by atoms with E-state index < -0.39 is 53.0 Å². The Kier molecular flexibility index (Phi) is 27.6. The molecule has 0 aliphatic rings. The number of aliphatic carboxylic acids is 2. The first-order chi connectivity index (χ1) is 34.2. The van der Waals surface area contributed by atoms with Gasteiger partial charge in [-0.2, -0.15) is 0 Å². The second-order valence-corrected chi connectivity index (χ2v) is 19.9. The summed E-state index contributed by atoms with van der Waals surface area (Å²) in [6, 6.07) is 18.6. The standard InChI is InChI=1S/C19H23N3O5S.C17H19N3O5S.C11H15N3O4S.Li.H2O/c1-5-25-16(23)15(22-26-11-13-9-7-6-8-10-13)14-12-28-17(20-14)21-18(24)27-19(2,3)4;1-17(2,3)25-16(23)19-15-18-12(10-26-15)13(14(21)22)20-24-9-11-7-5-4-6-8-11;1-11(2,3)18-10(17)14-9-13-6(5-19-9)7(12-4)8(15)16;;/h6-10,12H,5,11H2,1-4H3,(H,20,21,24);4-8,10H,9H2,1-3H3,(H,21,22)(H,18,19,23);5H,1-4H3,(H,15,16)(H,13,14,17);;1H2/q;;;+1;/p-1/b;20-13-;;;. The Balaban J connectivity index is 0.000000565. The molecule has 6 N–H and O–H groups in total. The quantitative estimate of drug-likeness (QED) is 0.0238. The number of ether oxygens (including phenoxy) is 4. The van der Waals surface area contributed by atoms with Crippen LogP contribution in [0.25, 0.3) is 0 Å². The van der Waals surface area contributed by atoms with Gasteiger partial charge in [0, 0.05) is 23.2 Å². The summed E-state index contributed by atoms with van der Waals surface area (Å²) in [5.74, 6) is -3.12. The Morgan fingerprint density at radius 1 is 0.547 bits per heavy atom. The van der Waals surface area contributed by atoms with E-state index in [2.05, 4.69) is 46.2 Å². The van der Waals surface area contributed by atoms with Gasteiger partial charge >= 0.3 is 55.0 Å². The molecule has 3 heterocycles. The van der Waals surface area contributed by atoms with Crippen LogP contribution in [0.5, 0.6) is 0 Å². The number of benzene rings is 2. The zero-order chi connectivity index (χ0) is 54.4. The second kappa shape index (κ2) is 31.4. The van der Waals surface area contributed by atoms with Gasteiger partial charge in [-0.3, -0.25) is 20.9 Å². The fourth-order valence-electron chi connectivity index (χ4n) is 4.89. The van der Waals surface area contributed by atoms with Crippen molar-refractivity contribution < 1.29 is 91.9 Å². The maximum atomic E-state index is 12.2. The monoisotopic (exact) mass is 1090 g/mol. The number of hydrogen-bond acceptors (Lipinski definition) is 22. The first-order valence-electron chi connectivity index (χ1n) is 21.7. The van der Waals surface area contributed by atoms with Crippen LogP contribution >= 0.6 is 34.0 Å². The van der Waals surface area contributed by atoms with Crippen molar-refractivity contribution in [2.45, 2.75) is 99.3 Å². The number of anilines is 3. The van der Waals surface area contributed by atoms with Crippen molar-refractivity contribution in [2.75, 3.05) is 29.6 Å². The SMILES string of the molecule is CC(C)(C)OC(=O)Nc1nc(/C(=N/OCc2ccccc2)C(=O)O)cs1.CCOC(=O)C(=NOCc1ccccc1)c1csc(NC(=O)OC(C)(C)C)n1.CN=C(C(=O)O)c1csc(NC(=O)OC(C)(C)C)n1.[Li+].[OH-]. The molecule has 0 aliphatic heterocycles. The Morgan fingerprint density at radius 3 is 1.17 bits per heavy atom. The van der Waals surface area contributed by atoms with E-state index in [1.54, 1.807) is 74.6 Å². The summed E-state index contributed by atoms with van der Waals surface area (Å²) in [6.07, 6.45) is -1.95. The molecule has 0 saturated carbocycles. The van der Waals surface area contributed by atoms with Crippen molar-refractivity contribution in [1.82, 2.24) is 15.0 Å². The number of carbonyl (C=O) groups excluding carboxylic acids is 4. The normalized spacial score (nSPS) is 11.5. The third-order valence-corrected chi connectivity index (χ3v) is 9.89. The van der Waals surface area contributed by atoms with Gasteiger partial charge in [0.2, 0.25) is 11.4 Å². The minimum Gasteiger partial charge on any atom is -0.870 e. The van der Waals surface area contributed by atoms with Crippen molar-refractivity contribution in [2.24, 2.45) is 15.3 Å². The first kappa shape index (κ1) is 65.7. The number of rotatable bonds is 16. The molecule has 0 aliphatic carbocycles. The third-order valence-electron chi connectivity index (χ3n) is 7.62. The summed E-state index contributed by atoms with van der Waals surface area (Å²) < 4.78 is 20.4. The molecular weight excluding hydrogens is 1030 g/mol. The number of carboxylic acid groups (broad SMARTS) is 2. The number of carboxylic acids is 2. The van der Waals surface area contributed by atoms with Crippen LogP contribution < -0.4 is 34.8 Å². The molecule has 0 unspecified atom stereocenters. The third kappa shape index (κ3) is 26.0. The fourth-order valence-corrected chi connectivity index (χ4v) is 6.93. The van der Waals surface area contributed by atoms with Crippen LogP contribution in [0.3, 0.4) is 0 Å². The molecule has 0 radical (unpaired) electrons. The summed E-state index contributed by atoms with van der Waals surface area (Å²) in [6.45, 7) is 17.9. The number of aromatic nitrogens is 3. The van der Waals surface area contributed by atoms with Crippen molar-refractivity contribution >= 4 is 103 Å². The molecule has 2 aromatic carbocycles. The van der Waals surface area contributed by atoms with Crippen molar-refractivity contribution in [3.63, 3.8) is 0 Å². The summed E-state index contributed by atoms with van der Waals surface area (Å²) in [5, 5.41) is 38.4. The number of amides is 3. The molecule has 5 aromatic rings. The smallest absolute Gasteiger partial charge is 0.870 e. The van der Waals surface area contributed by atoms with Crippen LogP contribution in [0.4, 0.5) is 29.8 Å². The fraction of sp³-hybridized carbons (Fsp3) is 0.362. The molecule has 3 aromatic heterocycles. The molecule has 400 valence electrons. The van der Waals surface area contributed by atoms with Crippen LogP contribution in [-0.2, 0) is 56.2 Å². The Morgan fingerprint density at radius 2 is 0.867 bits per heavy atom. The average Bonchev–Trinajstić information content (AvgIpc) is 4.05. The van der Waals surface area contributed by atoms with E-state index in [4.69, 9.17) is 33.7 Å². The number of carbonyl (C=O) groups is 6. The number of oxime groups is 2. The predicted molar refractivity (Wildman–Crippen MR) is 278 cm³/mol. The maximum absolute atomic E-state index is 12.2. The maximum Gasteiger partial charge on any atom is 1.00 e. The zero-order valence-electron chi connectivity index (χ0n) is 43.3. The minimum absolute atomic E-state index is 0. The van der Waals surface area contributed by atoms with Gasteiger partial charge in [0.05, 0.1) is 6.61 Å². The van der Waals surface area contributed by atoms with E-state index in [0.29, 0.717) is 0 Å². The molecule has 0 atom stereocenters. The van der Waals surface area contributed by atoms with Crippen LogP contribution in [0.2, 0.25) is 0 Å². The summed E-state index contributed by atoms with van der Waals surface area (Å²) in [7, 11) is 1.36. The Labute approximate surface area is 456 Å². The predicted octanol–water partition coefficient (Wildman–Crippen LogP) is 6.29. The average molecular weight is 1090 g/mol. The zero-order valence-corrected chi connectivity index (χ0v) is 45.7. The topological polar surface area (TPSA) is 340 Å². The van der Waals surface area contributed by atoms with E-state index in [1.165, 1.54) is 17.8 Å². The largest absolute Gasteiger partial charge is 1.00 e. The van der Waals surface area contributed by atoms with E-state index in [9.17, 15) is 33.9 Å². The molecule has 0 spiro atoms. The molecule has 75 heavy (non-hydrogen) atoms. The van der Waals surface area contributed by atoms with Gasteiger partial charge in [-0.05, 0) is 80.4 Å². The number of esters is 1. The van der Waals surface area contributed by atoms with Crippen molar-refractivity contribution in [3.05, 3.63) is 105 Å². The number of nitrogens with one attached hydrogen (secondary N) is 3. The number of thiazole rings is 3. The van der Waals surface area contributed by atoms with E-state index in [1.807, 2.05) is 60.7 Å². The molecule has 28 heteroatoms. The molecule has 0 saturated heterocycles. The van der Waals surface area contributed by atoms with E-state index in [0.717, 1.165) is 45.1 Å². The van der Waals surface area contributed by atoms with E-state index in [-0.39, 0.29) is 93.8 Å². The van der Waals surface area contributed by atoms with Crippen molar-refractivity contribution in [3.8, 4) is 0 Å². The molecule has 5 rings (SSSR count). The molecule has 0 fully saturated rings. The first-order valence-corrected chi connectivity index (χ1v) is 24.4. The van der Waals surface area contributed by atoms with Gasteiger partial charge in [-0.1, -0.05) is 71.0 Å². The Bertz CT molecular complexity index is 2730. The Hall–Kier alpha value is -7.28. The van der Waals surface area contributed by atoms with Crippen LogP contribution in [-0.4, -0.2) is 114 Å². The van der Waals surface area contributed by atoms with Gasteiger partial charge in [-0.15, -0.1) is 34.0 Å². The second-order valence-electron chi connectivity index (χ2n) is 17.3. The number of hydrogen-bond donors (Lipinski definition) is 5. The number of aliphatic imine (C=N–C) groups is 1. The summed E-state index contributed by atoms with van der Waals surface area (Å²) >= 11 is 3.28. The van der Waals surface area contributed by atoms with Crippen molar-refractivity contribution in [1.29, 1.82) is 0 Å². The van der Waals surface area contributed by atoms with Gasteiger partial charge < -0.3 is 44.3 Å². The number of nitrogens with zero attached hydrogens (tertiary/aromatic N) is 6.